The van der Waals surface area contributed by atoms with E-state index in [0.717, 1.165) is 54.9 Å². The topological polar surface area (TPSA) is 87.5 Å². The number of carboxylic acids is 1. The molecule has 5 rings (SSSR count). The molecule has 11 heteroatoms. The van der Waals surface area contributed by atoms with Gasteiger partial charge >= 0.3 is 12.1 Å². The number of hydrogen-bond donors (Lipinski definition) is 2. The fraction of sp³-hybridized carbons (Fsp3) is 0.483. The van der Waals surface area contributed by atoms with E-state index in [-0.39, 0.29) is 11.9 Å². The number of nitrogens with zero attached hydrogens (tertiary/aromatic N) is 3. The third-order valence-electron chi connectivity index (χ3n) is 7.52. The normalized spacial score (nSPS) is 16.9. The molecule has 1 saturated heterocycles. The van der Waals surface area contributed by atoms with Gasteiger partial charge in [0.25, 0.3) is 0 Å². The van der Waals surface area contributed by atoms with Crippen molar-refractivity contribution in [2.75, 3.05) is 18.4 Å². The summed E-state index contributed by atoms with van der Waals surface area (Å²) in [6, 6.07) is 15.0. The second-order valence-corrected chi connectivity index (χ2v) is 10.4. The first-order valence-electron chi connectivity index (χ1n) is 13.6. The second kappa shape index (κ2) is 13.1. The van der Waals surface area contributed by atoms with Gasteiger partial charge in [-0.2, -0.15) is 13.2 Å². The minimum Gasteiger partial charge on any atom is -0.475 e. The number of imidazole rings is 1. The van der Waals surface area contributed by atoms with Crippen LogP contribution in [0.5, 0.6) is 0 Å². The highest BCUT2D eigenvalue weighted by atomic mass is 19.4. The number of carbonyl (C=O) groups is 2. The van der Waals surface area contributed by atoms with Gasteiger partial charge < -0.3 is 19.9 Å². The van der Waals surface area contributed by atoms with Crippen LogP contribution in [0.15, 0.2) is 48.5 Å². The number of hydrogen-bond acceptors (Lipinski definition) is 4. The van der Waals surface area contributed by atoms with Crippen LogP contribution in [0.3, 0.4) is 0 Å². The minimum atomic E-state index is -5.08. The van der Waals surface area contributed by atoms with Crippen LogP contribution in [0.2, 0.25) is 0 Å². The molecule has 0 bridgehead atoms. The van der Waals surface area contributed by atoms with Gasteiger partial charge in [0.1, 0.15) is 5.82 Å². The maximum absolute atomic E-state index is 13.4. The molecule has 2 N–H and O–H groups in total. The summed E-state index contributed by atoms with van der Waals surface area (Å²) in [5.41, 5.74) is 3.04. The molecule has 0 unspecified atom stereocenters. The fourth-order valence-corrected chi connectivity index (χ4v) is 5.34. The number of para-hydroxylation sites is 2. The van der Waals surface area contributed by atoms with Crippen molar-refractivity contribution < 1.29 is 32.3 Å². The lowest BCUT2D eigenvalue weighted by molar-refractivity contribution is -0.192. The smallest absolute Gasteiger partial charge is 0.475 e. The Morgan fingerprint density at radius 2 is 1.57 bits per heavy atom. The van der Waals surface area contributed by atoms with Crippen LogP contribution in [0, 0.1) is 11.7 Å². The summed E-state index contributed by atoms with van der Waals surface area (Å²) in [5, 5.41) is 10.8. The van der Waals surface area contributed by atoms with Gasteiger partial charge in [0.05, 0.1) is 17.6 Å². The molecule has 3 aromatic rings. The van der Waals surface area contributed by atoms with E-state index in [0.29, 0.717) is 18.4 Å². The van der Waals surface area contributed by atoms with E-state index >= 15 is 0 Å². The Bertz CT molecular complexity index is 1280. The Hall–Kier alpha value is -3.63. The molecule has 1 aliphatic heterocycles. The van der Waals surface area contributed by atoms with Crippen LogP contribution in [-0.4, -0.2) is 56.7 Å². The summed E-state index contributed by atoms with van der Waals surface area (Å²) in [6.07, 6.45) is 3.82. The standard InChI is InChI=1S/C27H33FN4O.C2HF3O2/c28-22-12-10-21(11-13-22)19-32-25-9-5-4-8-24(25)30-27(32)29-23-14-16-31(17-15-23)26(33)18-20-6-2-1-3-7-20;3-2(4,5)1(6)7/h4-5,8-13,20,23H,1-3,6-7,14-19H2,(H,29,30);(H,6,7). The van der Waals surface area contributed by atoms with Gasteiger partial charge in [-0.3, -0.25) is 4.79 Å². The largest absolute Gasteiger partial charge is 0.490 e. The lowest BCUT2D eigenvalue weighted by atomic mass is 9.86. The van der Waals surface area contributed by atoms with Crippen LogP contribution < -0.4 is 5.32 Å². The average Bonchev–Trinajstić information content (AvgIpc) is 3.27. The van der Waals surface area contributed by atoms with Crippen molar-refractivity contribution in [3.05, 3.63) is 59.9 Å². The first-order chi connectivity index (χ1) is 19.1. The van der Waals surface area contributed by atoms with Crippen molar-refractivity contribution in [3.8, 4) is 0 Å². The predicted molar refractivity (Wildman–Crippen MR) is 143 cm³/mol. The maximum atomic E-state index is 13.4. The highest BCUT2D eigenvalue weighted by Crippen LogP contribution is 2.28. The molecule has 2 aromatic carbocycles. The Kier molecular flexibility index (Phi) is 9.65. The minimum absolute atomic E-state index is 0.225. The van der Waals surface area contributed by atoms with Gasteiger partial charge in [-0.1, -0.05) is 43.5 Å². The highest BCUT2D eigenvalue weighted by molar-refractivity contribution is 5.79. The summed E-state index contributed by atoms with van der Waals surface area (Å²) < 4.78 is 47.3. The molecule has 1 aliphatic carbocycles. The SMILES string of the molecule is O=C(CC1CCCCC1)N1CCC(Nc2nc3ccccc3n2Cc2ccc(F)cc2)CC1.O=C(O)C(F)(F)F. The number of amides is 1. The molecule has 2 aliphatic rings. The van der Waals surface area contributed by atoms with Crippen molar-refractivity contribution in [2.24, 2.45) is 5.92 Å². The molecular formula is C29H34F4N4O3. The number of rotatable bonds is 6. The average molecular weight is 563 g/mol. The molecule has 0 radical (unpaired) electrons. The Labute approximate surface area is 230 Å². The number of aliphatic carboxylic acids is 1. The number of fused-ring (bicyclic) bond motifs is 1. The van der Waals surface area contributed by atoms with Crippen molar-refractivity contribution in [1.82, 2.24) is 14.5 Å². The van der Waals surface area contributed by atoms with Crippen molar-refractivity contribution in [2.45, 2.75) is 70.1 Å². The summed E-state index contributed by atoms with van der Waals surface area (Å²) >= 11 is 0. The second-order valence-electron chi connectivity index (χ2n) is 10.4. The molecule has 0 spiro atoms. The zero-order chi connectivity index (χ0) is 28.7. The van der Waals surface area contributed by atoms with Gasteiger partial charge in [0.15, 0.2) is 0 Å². The van der Waals surface area contributed by atoms with Crippen LogP contribution in [0.1, 0.15) is 56.9 Å². The van der Waals surface area contributed by atoms with Gasteiger partial charge in [-0.15, -0.1) is 0 Å². The number of likely N-dealkylation sites (tertiary alicyclic amines) is 1. The summed E-state index contributed by atoms with van der Waals surface area (Å²) in [7, 11) is 0. The lowest BCUT2D eigenvalue weighted by Crippen LogP contribution is -2.43. The molecule has 0 atom stereocenters. The molecule has 2 heterocycles. The third-order valence-corrected chi connectivity index (χ3v) is 7.52. The molecular weight excluding hydrogens is 528 g/mol. The fourth-order valence-electron chi connectivity index (χ4n) is 5.34. The Morgan fingerprint density at radius 3 is 2.20 bits per heavy atom. The maximum Gasteiger partial charge on any atom is 0.490 e. The molecule has 2 fully saturated rings. The lowest BCUT2D eigenvalue weighted by Gasteiger charge is -2.34. The van der Waals surface area contributed by atoms with Gasteiger partial charge in [-0.25, -0.2) is 14.2 Å². The van der Waals surface area contributed by atoms with Crippen LogP contribution in [0.25, 0.3) is 11.0 Å². The molecule has 7 nitrogen and oxygen atoms in total. The summed E-state index contributed by atoms with van der Waals surface area (Å²) in [6.45, 7) is 2.24. The highest BCUT2D eigenvalue weighted by Gasteiger charge is 2.38. The van der Waals surface area contributed by atoms with Crippen LogP contribution in [-0.2, 0) is 16.1 Å². The number of nitrogens with one attached hydrogen (secondary N) is 1. The van der Waals surface area contributed by atoms with E-state index < -0.39 is 12.1 Å². The zero-order valence-electron chi connectivity index (χ0n) is 22.2. The number of carbonyl (C=O) groups excluding carboxylic acids is 1. The zero-order valence-corrected chi connectivity index (χ0v) is 22.2. The Balaban J connectivity index is 0.000000470. The van der Waals surface area contributed by atoms with E-state index in [1.807, 2.05) is 30.3 Å². The predicted octanol–water partition coefficient (Wildman–Crippen LogP) is 6.23. The van der Waals surface area contributed by atoms with E-state index in [1.54, 1.807) is 0 Å². The number of anilines is 1. The molecule has 216 valence electrons. The molecule has 1 aromatic heterocycles. The Morgan fingerprint density at radius 1 is 0.950 bits per heavy atom. The summed E-state index contributed by atoms with van der Waals surface area (Å²) in [4.78, 5) is 28.6. The number of carboxylic acid groups (broad SMARTS) is 1. The van der Waals surface area contributed by atoms with E-state index in [1.165, 1.54) is 44.2 Å². The van der Waals surface area contributed by atoms with Crippen molar-refractivity contribution in [3.63, 3.8) is 0 Å². The van der Waals surface area contributed by atoms with E-state index in [4.69, 9.17) is 14.9 Å². The number of alkyl halides is 3. The number of benzene rings is 2. The number of piperidine rings is 1. The van der Waals surface area contributed by atoms with Crippen molar-refractivity contribution in [1.29, 1.82) is 0 Å². The quantitative estimate of drug-likeness (QED) is 0.348. The van der Waals surface area contributed by atoms with Crippen LogP contribution in [0.4, 0.5) is 23.5 Å². The monoisotopic (exact) mass is 562 g/mol. The first kappa shape index (κ1) is 29.4. The number of aromatic nitrogens is 2. The molecule has 1 amide bonds. The van der Waals surface area contributed by atoms with Crippen LogP contribution >= 0.6 is 0 Å². The van der Waals surface area contributed by atoms with Gasteiger partial charge in [0, 0.05) is 25.6 Å². The van der Waals surface area contributed by atoms with Crippen molar-refractivity contribution >= 4 is 28.9 Å². The van der Waals surface area contributed by atoms with E-state index in [9.17, 15) is 22.4 Å². The van der Waals surface area contributed by atoms with Gasteiger partial charge in [0.2, 0.25) is 11.9 Å². The molecule has 1 saturated carbocycles. The molecule has 40 heavy (non-hydrogen) atoms. The van der Waals surface area contributed by atoms with E-state index in [2.05, 4.69) is 20.9 Å². The number of halogens is 4. The summed E-state index contributed by atoms with van der Waals surface area (Å²) in [5.74, 6) is -1.21. The first-order valence-corrected chi connectivity index (χ1v) is 13.6. The third kappa shape index (κ3) is 7.95. The van der Waals surface area contributed by atoms with Gasteiger partial charge in [-0.05, 0) is 61.4 Å².